The van der Waals surface area contributed by atoms with Gasteiger partial charge in [0.1, 0.15) is 0 Å². The minimum absolute atomic E-state index is 0.497. The zero-order valence-electron chi connectivity index (χ0n) is 10.4. The maximum atomic E-state index is 9.28. The molecule has 0 aliphatic rings. The smallest absolute Gasteiger partial charge is 0.0777 e. The van der Waals surface area contributed by atoms with Gasteiger partial charge in [-0.1, -0.05) is 38.3 Å². The van der Waals surface area contributed by atoms with E-state index < -0.39 is 6.10 Å². The standard InChI is InChI=1S/C14H26O2/c1-2-3-4-5-6-7-8-9-10-11-14(16)12-13-15/h7-8,12-16H,2-6,9-11H2,1H3. The molecule has 0 bridgehead atoms. The van der Waals surface area contributed by atoms with E-state index in [-0.39, 0.29) is 0 Å². The van der Waals surface area contributed by atoms with Gasteiger partial charge in [-0.2, -0.15) is 0 Å². The van der Waals surface area contributed by atoms with Crippen LogP contribution in [0.5, 0.6) is 0 Å². The number of hydrogen-bond donors (Lipinski definition) is 2. The first kappa shape index (κ1) is 15.2. The molecule has 0 aromatic heterocycles. The van der Waals surface area contributed by atoms with Crippen molar-refractivity contribution in [2.75, 3.05) is 0 Å². The number of hydrogen-bond acceptors (Lipinski definition) is 2. The molecule has 94 valence electrons. The highest BCUT2D eigenvalue weighted by molar-refractivity contribution is 4.84. The van der Waals surface area contributed by atoms with Gasteiger partial charge >= 0.3 is 0 Å². The third kappa shape index (κ3) is 11.3. The molecular formula is C14H26O2. The summed E-state index contributed by atoms with van der Waals surface area (Å²) in [5.74, 6) is 0. The number of aliphatic hydroxyl groups is 2. The second-order valence-corrected chi connectivity index (χ2v) is 4.16. The molecule has 16 heavy (non-hydrogen) atoms. The lowest BCUT2D eigenvalue weighted by Gasteiger charge is -2.01. The van der Waals surface area contributed by atoms with Crippen LogP contribution in [-0.2, 0) is 0 Å². The third-order valence-corrected chi connectivity index (χ3v) is 2.57. The highest BCUT2D eigenvalue weighted by Crippen LogP contribution is 2.06. The van der Waals surface area contributed by atoms with Crippen molar-refractivity contribution in [2.45, 2.75) is 64.4 Å². The first-order chi connectivity index (χ1) is 7.81. The molecule has 2 nitrogen and oxygen atoms in total. The van der Waals surface area contributed by atoms with E-state index in [1.807, 2.05) is 0 Å². The lowest BCUT2D eigenvalue weighted by molar-refractivity contribution is 0.207. The van der Waals surface area contributed by atoms with Crippen molar-refractivity contribution < 1.29 is 10.2 Å². The van der Waals surface area contributed by atoms with Crippen LogP contribution < -0.4 is 0 Å². The zero-order chi connectivity index (χ0) is 12.1. The lowest BCUT2D eigenvalue weighted by Crippen LogP contribution is -2.00. The summed E-state index contributed by atoms with van der Waals surface area (Å²) >= 11 is 0. The Morgan fingerprint density at radius 3 is 2.31 bits per heavy atom. The van der Waals surface area contributed by atoms with Gasteiger partial charge in [0.15, 0.2) is 0 Å². The fourth-order valence-electron chi connectivity index (χ4n) is 1.57. The minimum atomic E-state index is -0.497. The molecule has 0 radical (unpaired) electrons. The molecule has 0 aliphatic heterocycles. The Kier molecular flexibility index (Phi) is 11.7. The normalized spacial score (nSPS) is 13.9. The molecule has 1 unspecified atom stereocenters. The first-order valence-corrected chi connectivity index (χ1v) is 6.45. The van der Waals surface area contributed by atoms with E-state index in [4.69, 9.17) is 5.11 Å². The van der Waals surface area contributed by atoms with Gasteiger partial charge in [-0.15, -0.1) is 0 Å². The monoisotopic (exact) mass is 226 g/mol. The van der Waals surface area contributed by atoms with Gasteiger partial charge in [0.2, 0.25) is 0 Å². The molecule has 2 heteroatoms. The molecule has 0 rings (SSSR count). The Bertz CT molecular complexity index is 185. The topological polar surface area (TPSA) is 40.5 Å². The van der Waals surface area contributed by atoms with Crippen molar-refractivity contribution in [3.8, 4) is 0 Å². The summed E-state index contributed by atoms with van der Waals surface area (Å²) in [6, 6.07) is 0. The third-order valence-electron chi connectivity index (χ3n) is 2.57. The van der Waals surface area contributed by atoms with Crippen LogP contribution in [0.3, 0.4) is 0 Å². The van der Waals surface area contributed by atoms with Gasteiger partial charge in [-0.3, -0.25) is 0 Å². The van der Waals surface area contributed by atoms with E-state index in [9.17, 15) is 5.11 Å². The van der Waals surface area contributed by atoms with Crippen LogP contribution >= 0.6 is 0 Å². The molecule has 0 amide bonds. The first-order valence-electron chi connectivity index (χ1n) is 6.45. The Hall–Kier alpha value is -0.760. The van der Waals surface area contributed by atoms with Crippen LogP contribution in [0.4, 0.5) is 0 Å². The molecule has 0 aromatic carbocycles. The number of unbranched alkanes of at least 4 members (excludes halogenated alkanes) is 5. The summed E-state index contributed by atoms with van der Waals surface area (Å²) in [7, 11) is 0. The van der Waals surface area contributed by atoms with Gasteiger partial charge in [0, 0.05) is 0 Å². The Morgan fingerprint density at radius 1 is 1.00 bits per heavy atom. The highest BCUT2D eigenvalue weighted by Gasteiger charge is 1.96. The summed E-state index contributed by atoms with van der Waals surface area (Å²) in [6.45, 7) is 2.22. The second-order valence-electron chi connectivity index (χ2n) is 4.16. The molecule has 0 aliphatic carbocycles. The summed E-state index contributed by atoms with van der Waals surface area (Å²) in [4.78, 5) is 0. The van der Waals surface area contributed by atoms with Crippen LogP contribution in [0, 0.1) is 0 Å². The summed E-state index contributed by atoms with van der Waals surface area (Å²) < 4.78 is 0. The highest BCUT2D eigenvalue weighted by atomic mass is 16.3. The average Bonchev–Trinajstić information content (AvgIpc) is 2.27. The molecule has 0 fully saturated rings. The van der Waals surface area contributed by atoms with Gasteiger partial charge in [-0.25, -0.2) is 0 Å². The Labute approximate surface area is 99.7 Å². The van der Waals surface area contributed by atoms with Crippen LogP contribution in [-0.4, -0.2) is 16.3 Å². The SMILES string of the molecule is CCCCCCC=CCCCC(O)C=CO. The molecule has 0 saturated carbocycles. The zero-order valence-corrected chi connectivity index (χ0v) is 10.4. The fourth-order valence-corrected chi connectivity index (χ4v) is 1.57. The van der Waals surface area contributed by atoms with E-state index in [0.29, 0.717) is 0 Å². The molecular weight excluding hydrogens is 200 g/mol. The van der Waals surface area contributed by atoms with Gasteiger partial charge in [0.25, 0.3) is 0 Å². The molecule has 0 saturated heterocycles. The minimum Gasteiger partial charge on any atom is -0.516 e. The van der Waals surface area contributed by atoms with Crippen molar-refractivity contribution in [3.63, 3.8) is 0 Å². The molecule has 2 N–H and O–H groups in total. The second kappa shape index (κ2) is 12.3. The molecule has 0 heterocycles. The maximum Gasteiger partial charge on any atom is 0.0777 e. The summed E-state index contributed by atoms with van der Waals surface area (Å²) in [6.07, 6.45) is 15.4. The number of rotatable bonds is 10. The van der Waals surface area contributed by atoms with Crippen molar-refractivity contribution in [1.29, 1.82) is 0 Å². The number of allylic oxidation sites excluding steroid dienone is 2. The van der Waals surface area contributed by atoms with Gasteiger partial charge < -0.3 is 10.2 Å². The quantitative estimate of drug-likeness (QED) is 0.334. The Balaban J connectivity index is 3.21. The number of aliphatic hydroxyl groups excluding tert-OH is 2. The van der Waals surface area contributed by atoms with E-state index >= 15 is 0 Å². The van der Waals surface area contributed by atoms with E-state index in [0.717, 1.165) is 25.5 Å². The van der Waals surface area contributed by atoms with Crippen molar-refractivity contribution >= 4 is 0 Å². The summed E-state index contributed by atoms with van der Waals surface area (Å²) in [5.41, 5.74) is 0. The molecule has 0 aromatic rings. The van der Waals surface area contributed by atoms with Gasteiger partial charge in [-0.05, 0) is 38.2 Å². The lowest BCUT2D eigenvalue weighted by atomic mass is 10.1. The molecule has 1 atom stereocenters. The van der Waals surface area contributed by atoms with E-state index in [1.165, 1.54) is 38.2 Å². The van der Waals surface area contributed by atoms with E-state index in [2.05, 4.69) is 19.1 Å². The van der Waals surface area contributed by atoms with Crippen LogP contribution in [0.25, 0.3) is 0 Å². The Morgan fingerprint density at radius 2 is 1.69 bits per heavy atom. The van der Waals surface area contributed by atoms with Crippen LogP contribution in [0.15, 0.2) is 24.5 Å². The van der Waals surface area contributed by atoms with Crippen LogP contribution in [0.1, 0.15) is 58.3 Å². The average molecular weight is 226 g/mol. The molecule has 0 spiro atoms. The summed E-state index contributed by atoms with van der Waals surface area (Å²) in [5, 5.41) is 17.7. The fraction of sp³-hybridized carbons (Fsp3) is 0.714. The van der Waals surface area contributed by atoms with Gasteiger partial charge in [0.05, 0.1) is 12.4 Å². The van der Waals surface area contributed by atoms with Crippen LogP contribution in [0.2, 0.25) is 0 Å². The van der Waals surface area contributed by atoms with Crippen molar-refractivity contribution in [2.24, 2.45) is 0 Å². The van der Waals surface area contributed by atoms with E-state index in [1.54, 1.807) is 0 Å². The van der Waals surface area contributed by atoms with Crippen molar-refractivity contribution in [1.82, 2.24) is 0 Å². The largest absolute Gasteiger partial charge is 0.516 e. The predicted molar refractivity (Wildman–Crippen MR) is 69.5 cm³/mol. The predicted octanol–water partition coefficient (Wildman–Crippen LogP) is 4.12. The van der Waals surface area contributed by atoms with Crippen molar-refractivity contribution in [3.05, 3.63) is 24.5 Å². The maximum absolute atomic E-state index is 9.28.